The molecule has 1 aliphatic heterocycles. The lowest BCUT2D eigenvalue weighted by atomic mass is 9.97. The molecule has 3 rings (SSSR count). The highest BCUT2D eigenvalue weighted by atomic mass is 16.1. The van der Waals surface area contributed by atoms with Crippen molar-refractivity contribution in [1.29, 1.82) is 0 Å². The molecule has 0 bridgehead atoms. The molecule has 3 heterocycles. The van der Waals surface area contributed by atoms with Gasteiger partial charge in [0.2, 0.25) is 5.91 Å². The zero-order valence-electron chi connectivity index (χ0n) is 12.6. The van der Waals surface area contributed by atoms with Gasteiger partial charge in [-0.1, -0.05) is 0 Å². The maximum Gasteiger partial charge on any atom is 0.222 e. The number of nitrogens with zero attached hydrogens (tertiary/aromatic N) is 4. The Balaban J connectivity index is 1.91. The predicted octanol–water partition coefficient (Wildman–Crippen LogP) is 1.55. The van der Waals surface area contributed by atoms with E-state index in [1.165, 1.54) is 0 Å². The standard InChI is InChI=1S/C16H19N5O/c1-11-9-14(21-8-2-3-13(10-21)15(17)22)20-16(19-11)12-4-6-18-7-5-12/h4-7,9,13H,2-3,8,10H2,1H3,(H2,17,22)/t13-/m1/s1. The quantitative estimate of drug-likeness (QED) is 0.929. The van der Waals surface area contributed by atoms with Crippen LogP contribution in [0.5, 0.6) is 0 Å². The van der Waals surface area contributed by atoms with E-state index in [1.807, 2.05) is 25.1 Å². The van der Waals surface area contributed by atoms with E-state index in [4.69, 9.17) is 5.73 Å². The number of carbonyl (C=O) groups excluding carboxylic acids is 1. The third-order valence-electron chi connectivity index (χ3n) is 3.93. The molecule has 0 unspecified atom stereocenters. The van der Waals surface area contributed by atoms with E-state index in [0.717, 1.165) is 36.5 Å². The number of nitrogens with two attached hydrogens (primary N) is 1. The number of aromatic nitrogens is 3. The molecule has 1 fully saturated rings. The third kappa shape index (κ3) is 3.05. The zero-order valence-corrected chi connectivity index (χ0v) is 12.6. The molecule has 0 radical (unpaired) electrons. The van der Waals surface area contributed by atoms with Crippen molar-refractivity contribution in [2.24, 2.45) is 11.7 Å². The van der Waals surface area contributed by atoms with Crippen molar-refractivity contribution >= 4 is 11.7 Å². The average molecular weight is 297 g/mol. The average Bonchev–Trinajstić information content (AvgIpc) is 2.55. The number of hydrogen-bond acceptors (Lipinski definition) is 5. The lowest BCUT2D eigenvalue weighted by Gasteiger charge is -2.32. The van der Waals surface area contributed by atoms with Gasteiger partial charge in [-0.2, -0.15) is 0 Å². The Morgan fingerprint density at radius 2 is 2.09 bits per heavy atom. The molecule has 0 saturated carbocycles. The second kappa shape index (κ2) is 6.09. The Morgan fingerprint density at radius 1 is 1.32 bits per heavy atom. The summed E-state index contributed by atoms with van der Waals surface area (Å²) in [5.74, 6) is 1.20. The smallest absolute Gasteiger partial charge is 0.222 e. The molecular formula is C16H19N5O. The Hall–Kier alpha value is -2.50. The molecule has 2 aromatic rings. The van der Waals surface area contributed by atoms with Crippen LogP contribution in [0, 0.1) is 12.8 Å². The number of primary amides is 1. The molecule has 6 nitrogen and oxygen atoms in total. The van der Waals surface area contributed by atoms with Crippen molar-refractivity contribution in [2.45, 2.75) is 19.8 Å². The molecule has 1 atom stereocenters. The van der Waals surface area contributed by atoms with Gasteiger partial charge in [0, 0.05) is 42.8 Å². The van der Waals surface area contributed by atoms with Crippen LogP contribution in [0.2, 0.25) is 0 Å². The molecule has 2 N–H and O–H groups in total. The van der Waals surface area contributed by atoms with Gasteiger partial charge in [0.05, 0.1) is 5.92 Å². The van der Waals surface area contributed by atoms with Crippen molar-refractivity contribution in [2.75, 3.05) is 18.0 Å². The first-order valence-electron chi connectivity index (χ1n) is 7.44. The van der Waals surface area contributed by atoms with E-state index in [-0.39, 0.29) is 11.8 Å². The number of anilines is 1. The summed E-state index contributed by atoms with van der Waals surface area (Å²) in [6.07, 6.45) is 5.25. The lowest BCUT2D eigenvalue weighted by Crippen LogP contribution is -2.41. The Bertz CT molecular complexity index is 673. The molecule has 6 heteroatoms. The van der Waals surface area contributed by atoms with E-state index in [0.29, 0.717) is 12.4 Å². The second-order valence-electron chi connectivity index (χ2n) is 5.61. The maximum atomic E-state index is 11.4. The van der Waals surface area contributed by atoms with Crippen LogP contribution in [-0.4, -0.2) is 33.9 Å². The molecule has 1 aliphatic rings. The molecule has 1 amide bonds. The number of pyridine rings is 1. The van der Waals surface area contributed by atoms with Crippen molar-refractivity contribution in [3.63, 3.8) is 0 Å². The van der Waals surface area contributed by atoms with Crippen LogP contribution in [0.15, 0.2) is 30.6 Å². The third-order valence-corrected chi connectivity index (χ3v) is 3.93. The monoisotopic (exact) mass is 297 g/mol. The van der Waals surface area contributed by atoms with Gasteiger partial charge in [-0.05, 0) is 31.9 Å². The Kier molecular flexibility index (Phi) is 4.00. The zero-order chi connectivity index (χ0) is 15.5. The summed E-state index contributed by atoms with van der Waals surface area (Å²) in [6, 6.07) is 5.73. The maximum absolute atomic E-state index is 11.4. The van der Waals surface area contributed by atoms with Crippen LogP contribution in [0.3, 0.4) is 0 Å². The summed E-state index contributed by atoms with van der Waals surface area (Å²) in [6.45, 7) is 3.46. The number of hydrogen-bond donors (Lipinski definition) is 1. The first-order chi connectivity index (χ1) is 10.6. The number of amides is 1. The van der Waals surface area contributed by atoms with Gasteiger partial charge < -0.3 is 10.6 Å². The second-order valence-corrected chi connectivity index (χ2v) is 5.61. The summed E-state index contributed by atoms with van der Waals surface area (Å²) in [4.78, 5) is 26.7. The summed E-state index contributed by atoms with van der Waals surface area (Å²) in [5, 5.41) is 0. The van der Waals surface area contributed by atoms with Crippen LogP contribution in [0.4, 0.5) is 5.82 Å². The van der Waals surface area contributed by atoms with Gasteiger partial charge in [0.1, 0.15) is 5.82 Å². The van der Waals surface area contributed by atoms with Gasteiger partial charge in [0.25, 0.3) is 0 Å². The molecule has 114 valence electrons. The van der Waals surface area contributed by atoms with E-state index in [2.05, 4.69) is 19.9 Å². The largest absolute Gasteiger partial charge is 0.369 e. The van der Waals surface area contributed by atoms with Crippen molar-refractivity contribution in [3.8, 4) is 11.4 Å². The lowest BCUT2D eigenvalue weighted by molar-refractivity contribution is -0.122. The number of aryl methyl sites for hydroxylation is 1. The van der Waals surface area contributed by atoms with Crippen molar-refractivity contribution in [3.05, 3.63) is 36.3 Å². The Morgan fingerprint density at radius 3 is 2.82 bits per heavy atom. The summed E-state index contributed by atoms with van der Waals surface area (Å²) in [7, 11) is 0. The molecular weight excluding hydrogens is 278 g/mol. The summed E-state index contributed by atoms with van der Waals surface area (Å²) in [5.41, 5.74) is 7.29. The highest BCUT2D eigenvalue weighted by Crippen LogP contribution is 2.24. The summed E-state index contributed by atoms with van der Waals surface area (Å²) >= 11 is 0. The fraction of sp³-hybridized carbons (Fsp3) is 0.375. The van der Waals surface area contributed by atoms with Gasteiger partial charge >= 0.3 is 0 Å². The van der Waals surface area contributed by atoms with Crippen LogP contribution < -0.4 is 10.6 Å². The molecule has 2 aromatic heterocycles. The highest BCUT2D eigenvalue weighted by Gasteiger charge is 2.25. The van der Waals surface area contributed by atoms with Crippen molar-refractivity contribution in [1.82, 2.24) is 15.0 Å². The van der Waals surface area contributed by atoms with Crippen LogP contribution in [-0.2, 0) is 4.79 Å². The SMILES string of the molecule is Cc1cc(N2CCC[C@@H](C(N)=O)C2)nc(-c2ccncc2)n1. The molecule has 1 saturated heterocycles. The number of rotatable bonds is 3. The molecule has 0 aliphatic carbocycles. The normalized spacial score (nSPS) is 18.2. The predicted molar refractivity (Wildman–Crippen MR) is 84.1 cm³/mol. The number of carbonyl (C=O) groups is 1. The first kappa shape index (κ1) is 14.4. The van der Waals surface area contributed by atoms with Gasteiger partial charge in [-0.15, -0.1) is 0 Å². The van der Waals surface area contributed by atoms with Crippen LogP contribution >= 0.6 is 0 Å². The molecule has 0 aromatic carbocycles. The first-order valence-corrected chi connectivity index (χ1v) is 7.44. The molecule has 0 spiro atoms. The minimum absolute atomic E-state index is 0.103. The highest BCUT2D eigenvalue weighted by molar-refractivity contribution is 5.77. The fourth-order valence-corrected chi connectivity index (χ4v) is 2.76. The van der Waals surface area contributed by atoms with Gasteiger partial charge in [-0.25, -0.2) is 9.97 Å². The van der Waals surface area contributed by atoms with E-state index >= 15 is 0 Å². The van der Waals surface area contributed by atoms with Crippen molar-refractivity contribution < 1.29 is 4.79 Å². The minimum Gasteiger partial charge on any atom is -0.369 e. The van der Waals surface area contributed by atoms with Gasteiger partial charge in [0.15, 0.2) is 5.82 Å². The topological polar surface area (TPSA) is 85.0 Å². The number of piperidine rings is 1. The van der Waals surface area contributed by atoms with E-state index in [9.17, 15) is 4.79 Å². The Labute approximate surface area is 129 Å². The minimum atomic E-state index is -0.232. The van der Waals surface area contributed by atoms with Crippen LogP contribution in [0.25, 0.3) is 11.4 Å². The summed E-state index contributed by atoms with van der Waals surface area (Å²) < 4.78 is 0. The van der Waals surface area contributed by atoms with E-state index in [1.54, 1.807) is 12.4 Å². The molecule has 22 heavy (non-hydrogen) atoms. The fourth-order valence-electron chi connectivity index (χ4n) is 2.76. The van der Waals surface area contributed by atoms with Gasteiger partial charge in [-0.3, -0.25) is 9.78 Å². The van der Waals surface area contributed by atoms with E-state index < -0.39 is 0 Å². The van der Waals surface area contributed by atoms with Crippen LogP contribution in [0.1, 0.15) is 18.5 Å².